The second-order valence-corrected chi connectivity index (χ2v) is 8.21. The number of carbonyl (C=O) groups excluding carboxylic acids is 3. The predicted molar refractivity (Wildman–Crippen MR) is 118 cm³/mol. The molecular formula is C25H28N2O5. The number of ether oxygens (including phenoxy) is 2. The molecule has 0 spiro atoms. The van der Waals surface area contributed by atoms with Crippen LogP contribution in [0.15, 0.2) is 60.7 Å². The zero-order valence-electron chi connectivity index (χ0n) is 18.0. The molecule has 4 rings (SSSR count). The number of carbonyl (C=O) groups is 3. The molecule has 2 atom stereocenters. The summed E-state index contributed by atoms with van der Waals surface area (Å²) in [6.45, 7) is 2.21. The Kier molecular flexibility index (Phi) is 7.17. The van der Waals surface area contributed by atoms with E-state index in [-0.39, 0.29) is 30.9 Å². The molecule has 2 aliphatic heterocycles. The van der Waals surface area contributed by atoms with Crippen molar-refractivity contribution in [2.45, 2.75) is 25.3 Å². The summed E-state index contributed by atoms with van der Waals surface area (Å²) in [4.78, 5) is 42.1. The summed E-state index contributed by atoms with van der Waals surface area (Å²) in [5.41, 5.74) is 1.98. The maximum absolute atomic E-state index is 13.6. The first-order valence-corrected chi connectivity index (χ1v) is 11.0. The number of benzene rings is 2. The van der Waals surface area contributed by atoms with Gasteiger partial charge in [0.1, 0.15) is 6.61 Å². The Morgan fingerprint density at radius 2 is 1.56 bits per heavy atom. The summed E-state index contributed by atoms with van der Waals surface area (Å²) >= 11 is 0. The molecule has 32 heavy (non-hydrogen) atoms. The van der Waals surface area contributed by atoms with E-state index in [9.17, 15) is 14.4 Å². The highest BCUT2D eigenvalue weighted by Crippen LogP contribution is 2.24. The Morgan fingerprint density at radius 1 is 0.938 bits per heavy atom. The lowest BCUT2D eigenvalue weighted by molar-refractivity contribution is -0.142. The van der Waals surface area contributed by atoms with Crippen LogP contribution in [0.25, 0.3) is 0 Å². The van der Waals surface area contributed by atoms with Crippen LogP contribution in [0.5, 0.6) is 0 Å². The van der Waals surface area contributed by atoms with Crippen LogP contribution in [0.4, 0.5) is 4.79 Å². The molecule has 2 aromatic carbocycles. The van der Waals surface area contributed by atoms with Crippen LogP contribution < -0.4 is 0 Å². The summed E-state index contributed by atoms with van der Waals surface area (Å²) in [7, 11) is 0. The topological polar surface area (TPSA) is 76.2 Å². The average Bonchev–Trinajstić information content (AvgIpc) is 3.19. The molecule has 7 heteroatoms. The van der Waals surface area contributed by atoms with Gasteiger partial charge in [-0.25, -0.2) is 9.69 Å². The van der Waals surface area contributed by atoms with Crippen LogP contribution >= 0.6 is 0 Å². The van der Waals surface area contributed by atoms with Crippen molar-refractivity contribution < 1.29 is 23.9 Å². The summed E-state index contributed by atoms with van der Waals surface area (Å²) < 4.78 is 10.6. The van der Waals surface area contributed by atoms with Gasteiger partial charge in [-0.3, -0.25) is 9.59 Å². The highest BCUT2D eigenvalue weighted by molar-refractivity contribution is 5.96. The van der Waals surface area contributed by atoms with Crippen molar-refractivity contribution in [1.29, 1.82) is 0 Å². The molecular weight excluding hydrogens is 408 g/mol. The Hall–Kier alpha value is -3.19. The van der Waals surface area contributed by atoms with Gasteiger partial charge >= 0.3 is 6.09 Å². The highest BCUT2D eigenvalue weighted by Gasteiger charge is 2.41. The van der Waals surface area contributed by atoms with E-state index in [1.807, 2.05) is 60.7 Å². The van der Waals surface area contributed by atoms with Gasteiger partial charge in [-0.05, 0) is 24.0 Å². The first-order valence-electron chi connectivity index (χ1n) is 11.0. The van der Waals surface area contributed by atoms with E-state index in [1.54, 1.807) is 4.90 Å². The van der Waals surface area contributed by atoms with E-state index in [0.29, 0.717) is 39.1 Å². The van der Waals surface area contributed by atoms with E-state index in [2.05, 4.69) is 0 Å². The number of morpholine rings is 1. The third kappa shape index (κ3) is 5.34. The van der Waals surface area contributed by atoms with E-state index in [4.69, 9.17) is 9.47 Å². The molecule has 0 unspecified atom stereocenters. The number of amides is 3. The third-order valence-corrected chi connectivity index (χ3v) is 5.97. The van der Waals surface area contributed by atoms with Crippen LogP contribution in [0.2, 0.25) is 0 Å². The van der Waals surface area contributed by atoms with Gasteiger partial charge in [-0.15, -0.1) is 0 Å². The number of cyclic esters (lactones) is 1. The first-order chi connectivity index (χ1) is 15.6. The molecule has 0 bridgehead atoms. The van der Waals surface area contributed by atoms with Crippen molar-refractivity contribution >= 4 is 17.9 Å². The second kappa shape index (κ2) is 10.4. The number of imide groups is 1. The molecule has 0 radical (unpaired) electrons. The van der Waals surface area contributed by atoms with Gasteiger partial charge in [-0.1, -0.05) is 60.7 Å². The molecule has 0 aliphatic carbocycles. The van der Waals surface area contributed by atoms with Crippen molar-refractivity contribution in [3.63, 3.8) is 0 Å². The molecule has 0 aromatic heterocycles. The fourth-order valence-electron chi connectivity index (χ4n) is 4.26. The smallest absolute Gasteiger partial charge is 0.416 e. The van der Waals surface area contributed by atoms with Gasteiger partial charge in [0.25, 0.3) is 0 Å². The fourth-order valence-corrected chi connectivity index (χ4v) is 4.26. The summed E-state index contributed by atoms with van der Waals surface area (Å²) in [6, 6.07) is 18.9. The molecule has 2 aliphatic rings. The molecule has 3 amide bonds. The largest absolute Gasteiger partial charge is 0.447 e. The summed E-state index contributed by atoms with van der Waals surface area (Å²) in [5.74, 6) is -1.08. The van der Waals surface area contributed by atoms with Crippen LogP contribution in [-0.4, -0.2) is 66.7 Å². The van der Waals surface area contributed by atoms with Crippen LogP contribution in [0.3, 0.4) is 0 Å². The second-order valence-electron chi connectivity index (χ2n) is 8.21. The molecule has 2 aromatic rings. The minimum Gasteiger partial charge on any atom is -0.447 e. The molecule has 2 fully saturated rings. The van der Waals surface area contributed by atoms with Gasteiger partial charge in [0, 0.05) is 19.5 Å². The molecule has 2 heterocycles. The standard InChI is InChI=1S/C25H28N2O5/c28-23(26-11-13-31-14-12-26)17-21(15-19-7-3-1-4-8-19)24(29)27-22(18-32-25(27)30)16-20-9-5-2-6-10-20/h1-10,21-22H,11-18H2/t21-,22+/m1/s1. The maximum Gasteiger partial charge on any atom is 0.416 e. The summed E-state index contributed by atoms with van der Waals surface area (Å²) in [5, 5.41) is 0. The SMILES string of the molecule is O=C(C[C@@H](Cc1ccccc1)C(=O)N1C(=O)OC[C@@H]1Cc1ccccc1)N1CCOCC1. The quantitative estimate of drug-likeness (QED) is 0.667. The van der Waals surface area contributed by atoms with Crippen molar-refractivity contribution in [3.05, 3.63) is 71.8 Å². The Labute approximate surface area is 187 Å². The third-order valence-electron chi connectivity index (χ3n) is 5.97. The fraction of sp³-hybridized carbons (Fsp3) is 0.400. The van der Waals surface area contributed by atoms with E-state index < -0.39 is 12.0 Å². The molecule has 168 valence electrons. The summed E-state index contributed by atoms with van der Waals surface area (Å²) in [6.07, 6.45) is 0.328. The Morgan fingerprint density at radius 3 is 2.22 bits per heavy atom. The van der Waals surface area contributed by atoms with Gasteiger partial charge in [0.05, 0.1) is 25.2 Å². The van der Waals surface area contributed by atoms with Gasteiger partial charge in [0.15, 0.2) is 0 Å². The number of nitrogens with zero attached hydrogens (tertiary/aromatic N) is 2. The van der Waals surface area contributed by atoms with Crippen molar-refractivity contribution in [1.82, 2.24) is 9.80 Å². The normalized spacial score (nSPS) is 19.5. The van der Waals surface area contributed by atoms with Crippen molar-refractivity contribution in [3.8, 4) is 0 Å². The highest BCUT2D eigenvalue weighted by atomic mass is 16.6. The zero-order chi connectivity index (χ0) is 22.3. The van der Waals surface area contributed by atoms with Crippen LogP contribution in [-0.2, 0) is 31.9 Å². The lowest BCUT2D eigenvalue weighted by atomic mass is 9.93. The first kappa shape index (κ1) is 22.0. The molecule has 0 N–H and O–H groups in total. The van der Waals surface area contributed by atoms with Crippen molar-refractivity contribution in [2.75, 3.05) is 32.9 Å². The van der Waals surface area contributed by atoms with Gasteiger partial charge in [0.2, 0.25) is 11.8 Å². The lowest BCUT2D eigenvalue weighted by Crippen LogP contribution is -2.47. The monoisotopic (exact) mass is 436 g/mol. The van der Waals surface area contributed by atoms with Crippen LogP contribution in [0, 0.1) is 5.92 Å². The van der Waals surface area contributed by atoms with Gasteiger partial charge in [-0.2, -0.15) is 0 Å². The number of rotatable bonds is 7. The zero-order valence-corrected chi connectivity index (χ0v) is 18.0. The molecule has 7 nitrogen and oxygen atoms in total. The minimum atomic E-state index is -0.642. The average molecular weight is 437 g/mol. The molecule has 2 saturated heterocycles. The Bertz CT molecular complexity index is 928. The lowest BCUT2D eigenvalue weighted by Gasteiger charge is -2.30. The molecule has 0 saturated carbocycles. The number of hydrogen-bond acceptors (Lipinski definition) is 5. The predicted octanol–water partition coefficient (Wildman–Crippen LogP) is 2.68. The maximum atomic E-state index is 13.6. The van der Waals surface area contributed by atoms with E-state index in [0.717, 1.165) is 11.1 Å². The number of hydrogen-bond donors (Lipinski definition) is 0. The van der Waals surface area contributed by atoms with Crippen molar-refractivity contribution in [2.24, 2.45) is 5.92 Å². The van der Waals surface area contributed by atoms with Gasteiger partial charge < -0.3 is 14.4 Å². The van der Waals surface area contributed by atoms with E-state index >= 15 is 0 Å². The van der Waals surface area contributed by atoms with Crippen LogP contribution in [0.1, 0.15) is 17.5 Å². The van der Waals surface area contributed by atoms with E-state index in [1.165, 1.54) is 4.90 Å². The Balaban J connectivity index is 1.53. The minimum absolute atomic E-state index is 0.0512.